The van der Waals surface area contributed by atoms with Gasteiger partial charge in [0.15, 0.2) is 5.82 Å². The molecule has 4 nitrogen and oxygen atoms in total. The van der Waals surface area contributed by atoms with Gasteiger partial charge in [-0.25, -0.2) is 9.97 Å². The van der Waals surface area contributed by atoms with Crippen LogP contribution in [0.25, 0.3) is 116 Å². The van der Waals surface area contributed by atoms with Crippen molar-refractivity contribution in [3.05, 3.63) is 200 Å². The lowest BCUT2D eigenvalue weighted by Crippen LogP contribution is -1.95. The molecule has 0 aliphatic heterocycles. The summed E-state index contributed by atoms with van der Waals surface area (Å²) in [7, 11) is 0. The number of rotatable bonds is 5. The fourth-order valence-corrected chi connectivity index (χ4v) is 8.89. The third-order valence-corrected chi connectivity index (χ3v) is 11.6. The van der Waals surface area contributed by atoms with E-state index >= 15 is 0 Å². The Balaban J connectivity index is 1.02. The van der Waals surface area contributed by atoms with Crippen LogP contribution in [0.1, 0.15) is 0 Å². The molecule has 12 aromatic rings. The van der Waals surface area contributed by atoms with Gasteiger partial charge in [-0.3, -0.25) is 0 Å². The highest BCUT2D eigenvalue weighted by molar-refractivity contribution is 6.15. The van der Waals surface area contributed by atoms with Crippen molar-refractivity contribution in [1.29, 1.82) is 0 Å². The minimum absolute atomic E-state index is 0.706. The number of benzene rings is 9. The van der Waals surface area contributed by atoms with E-state index in [0.29, 0.717) is 5.82 Å². The molecule has 0 aliphatic carbocycles. The van der Waals surface area contributed by atoms with Crippen LogP contribution in [0.15, 0.2) is 205 Å². The van der Waals surface area contributed by atoms with Gasteiger partial charge in [-0.2, -0.15) is 0 Å². The predicted octanol–water partition coefficient (Wildman–Crippen LogP) is 14.4. The molecule has 0 amide bonds. The monoisotopic (exact) mass is 739 g/mol. The number of aromatic nitrogens is 3. The zero-order valence-corrected chi connectivity index (χ0v) is 31.3. The summed E-state index contributed by atoms with van der Waals surface area (Å²) in [6.07, 6.45) is 0. The Morgan fingerprint density at radius 3 is 1.91 bits per heavy atom. The molecule has 0 saturated carbocycles. The summed E-state index contributed by atoms with van der Waals surface area (Å²) in [5, 5.41) is 8.10. The normalized spacial score (nSPS) is 11.8. The zero-order chi connectivity index (χ0) is 38.2. The van der Waals surface area contributed by atoms with Crippen LogP contribution in [-0.4, -0.2) is 14.5 Å². The van der Waals surface area contributed by atoms with Gasteiger partial charge >= 0.3 is 0 Å². The summed E-state index contributed by atoms with van der Waals surface area (Å²) in [5.74, 6) is 0.706. The van der Waals surface area contributed by atoms with Crippen molar-refractivity contribution in [2.75, 3.05) is 0 Å². The second-order valence-corrected chi connectivity index (χ2v) is 14.9. The van der Waals surface area contributed by atoms with Gasteiger partial charge in [0.25, 0.3) is 0 Å². The lowest BCUT2D eigenvalue weighted by Gasteiger charge is -2.12. The van der Waals surface area contributed by atoms with Crippen LogP contribution in [0.2, 0.25) is 0 Å². The predicted molar refractivity (Wildman–Crippen MR) is 240 cm³/mol. The molecular formula is C54H33N3O. The molecule has 3 heterocycles. The van der Waals surface area contributed by atoms with E-state index in [1.54, 1.807) is 0 Å². The van der Waals surface area contributed by atoms with Crippen LogP contribution in [-0.2, 0) is 0 Å². The lowest BCUT2D eigenvalue weighted by atomic mass is 9.95. The Morgan fingerprint density at radius 2 is 1.05 bits per heavy atom. The molecular weight excluding hydrogens is 707 g/mol. The van der Waals surface area contributed by atoms with Gasteiger partial charge in [0.1, 0.15) is 11.2 Å². The fraction of sp³-hybridized carbons (Fsp3) is 0. The molecule has 0 bridgehead atoms. The topological polar surface area (TPSA) is 43.9 Å². The van der Waals surface area contributed by atoms with E-state index in [1.807, 2.05) is 24.3 Å². The van der Waals surface area contributed by atoms with Crippen molar-refractivity contribution in [1.82, 2.24) is 14.5 Å². The maximum atomic E-state index is 6.53. The van der Waals surface area contributed by atoms with E-state index < -0.39 is 0 Å². The molecule has 58 heavy (non-hydrogen) atoms. The molecule has 4 heteroatoms. The third-order valence-electron chi connectivity index (χ3n) is 11.6. The van der Waals surface area contributed by atoms with Crippen molar-refractivity contribution in [3.8, 4) is 50.6 Å². The molecule has 0 radical (unpaired) electrons. The first-order chi connectivity index (χ1) is 28.7. The van der Waals surface area contributed by atoms with Crippen molar-refractivity contribution in [2.24, 2.45) is 0 Å². The van der Waals surface area contributed by atoms with E-state index in [4.69, 9.17) is 14.4 Å². The molecule has 0 N–H and O–H groups in total. The quantitative estimate of drug-likeness (QED) is 0.177. The summed E-state index contributed by atoms with van der Waals surface area (Å²) < 4.78 is 8.95. The average molecular weight is 740 g/mol. The molecule has 9 aromatic carbocycles. The van der Waals surface area contributed by atoms with Gasteiger partial charge in [-0.05, 0) is 82.2 Å². The smallest absolute Gasteiger partial charge is 0.160 e. The maximum absolute atomic E-state index is 6.53. The van der Waals surface area contributed by atoms with Gasteiger partial charge in [-0.15, -0.1) is 0 Å². The Morgan fingerprint density at radius 1 is 0.379 bits per heavy atom. The molecule has 3 aromatic heterocycles. The Hall–Kier alpha value is -7.82. The molecule has 0 atom stereocenters. The highest BCUT2D eigenvalue weighted by Crippen LogP contribution is 2.42. The van der Waals surface area contributed by atoms with E-state index in [0.717, 1.165) is 71.9 Å². The van der Waals surface area contributed by atoms with Gasteiger partial charge in [0.05, 0.1) is 27.9 Å². The van der Waals surface area contributed by atoms with E-state index in [1.165, 1.54) is 38.3 Å². The second-order valence-electron chi connectivity index (χ2n) is 14.9. The van der Waals surface area contributed by atoms with Crippen LogP contribution in [0.5, 0.6) is 0 Å². The molecule has 0 saturated heterocycles. The minimum atomic E-state index is 0.706. The summed E-state index contributed by atoms with van der Waals surface area (Å²) in [6, 6.07) is 70.9. The third kappa shape index (κ3) is 5.09. The van der Waals surface area contributed by atoms with Crippen molar-refractivity contribution < 1.29 is 4.42 Å². The van der Waals surface area contributed by atoms with Gasteiger partial charge in [0.2, 0.25) is 0 Å². The Kier molecular flexibility index (Phi) is 7.20. The highest BCUT2D eigenvalue weighted by atomic mass is 16.3. The summed E-state index contributed by atoms with van der Waals surface area (Å²) in [6.45, 7) is 0. The van der Waals surface area contributed by atoms with Crippen molar-refractivity contribution >= 4 is 65.4 Å². The number of hydrogen-bond donors (Lipinski definition) is 0. The number of para-hydroxylation sites is 1. The number of hydrogen-bond acceptors (Lipinski definition) is 3. The fourth-order valence-electron chi connectivity index (χ4n) is 8.89. The van der Waals surface area contributed by atoms with Gasteiger partial charge in [0, 0.05) is 43.4 Å². The first-order valence-corrected chi connectivity index (χ1v) is 19.7. The molecule has 0 aliphatic rings. The van der Waals surface area contributed by atoms with E-state index in [9.17, 15) is 0 Å². The van der Waals surface area contributed by atoms with Crippen LogP contribution < -0.4 is 0 Å². The molecule has 0 spiro atoms. The van der Waals surface area contributed by atoms with Crippen molar-refractivity contribution in [2.45, 2.75) is 0 Å². The molecule has 270 valence electrons. The SMILES string of the molecule is c1ccc(-c2nc(-c3ccccc3)c3ccc(-c4cccc5oc6ccc(-c7ccc8c(c7)c7ccccc7n8-c7cccc8ccccc78)cc6c45)cc3n2)cc1. The summed E-state index contributed by atoms with van der Waals surface area (Å²) in [5.41, 5.74) is 13.6. The number of fused-ring (bicyclic) bond motifs is 8. The van der Waals surface area contributed by atoms with Crippen molar-refractivity contribution in [3.63, 3.8) is 0 Å². The summed E-state index contributed by atoms with van der Waals surface area (Å²) >= 11 is 0. The zero-order valence-electron chi connectivity index (χ0n) is 31.3. The first kappa shape index (κ1) is 32.4. The maximum Gasteiger partial charge on any atom is 0.160 e. The van der Waals surface area contributed by atoms with Crippen LogP contribution >= 0.6 is 0 Å². The largest absolute Gasteiger partial charge is 0.456 e. The van der Waals surface area contributed by atoms with Crippen LogP contribution in [0.3, 0.4) is 0 Å². The minimum Gasteiger partial charge on any atom is -0.456 e. The average Bonchev–Trinajstić information content (AvgIpc) is 3.84. The lowest BCUT2D eigenvalue weighted by molar-refractivity contribution is 0.669. The number of furan rings is 1. The molecule has 0 fully saturated rings. The van der Waals surface area contributed by atoms with E-state index in [2.05, 4.69) is 180 Å². The van der Waals surface area contributed by atoms with Crippen LogP contribution in [0, 0.1) is 0 Å². The van der Waals surface area contributed by atoms with Gasteiger partial charge < -0.3 is 8.98 Å². The molecule has 0 unspecified atom stereocenters. The Labute approximate surface area is 333 Å². The van der Waals surface area contributed by atoms with Crippen LogP contribution in [0.4, 0.5) is 0 Å². The van der Waals surface area contributed by atoms with Gasteiger partial charge in [-0.1, -0.05) is 146 Å². The molecule has 12 rings (SSSR count). The highest BCUT2D eigenvalue weighted by Gasteiger charge is 2.18. The standard InChI is InChI=1S/C54H33N3O/c1-3-14-35(15-4-1)53-43-28-25-39(33-46(43)55-54(56-53)36-16-5-2-6-17-36)41-21-12-24-51-52(41)45-32-38(27-30-50(45)58-51)37-26-29-49-44(31-37)42-20-9-10-22-48(42)57(49)47-23-11-18-34-13-7-8-19-40(34)47/h1-33H. The number of nitrogens with zero attached hydrogens (tertiary/aromatic N) is 3. The first-order valence-electron chi connectivity index (χ1n) is 19.7. The van der Waals surface area contributed by atoms with E-state index in [-0.39, 0.29) is 0 Å². The second kappa shape index (κ2) is 12.9. The summed E-state index contributed by atoms with van der Waals surface area (Å²) in [4.78, 5) is 10.2. The Bertz CT molecular complexity index is 3560.